The van der Waals surface area contributed by atoms with Crippen LogP contribution < -0.4 is 10.2 Å². The predicted molar refractivity (Wildman–Crippen MR) is 177 cm³/mol. The zero-order valence-electron chi connectivity index (χ0n) is 26.8. The van der Waals surface area contributed by atoms with Crippen LogP contribution in [0.25, 0.3) is 0 Å². The molecule has 10 nitrogen and oxygen atoms in total. The van der Waals surface area contributed by atoms with E-state index in [1.807, 2.05) is 43.3 Å². The van der Waals surface area contributed by atoms with Gasteiger partial charge in [-0.2, -0.15) is 0 Å². The molecule has 3 aliphatic heterocycles. The molecule has 0 radical (unpaired) electrons. The van der Waals surface area contributed by atoms with Crippen LogP contribution in [0.4, 0.5) is 5.69 Å². The number of nitrogens with zero attached hydrogens (tertiary/aromatic N) is 2. The number of carbonyl (C=O) groups excluding carboxylic acids is 4. The highest BCUT2D eigenvalue weighted by Crippen LogP contribution is 2.59. The van der Waals surface area contributed by atoms with Gasteiger partial charge in [0, 0.05) is 19.5 Å². The van der Waals surface area contributed by atoms with Crippen LogP contribution in [0.3, 0.4) is 0 Å². The molecule has 2 aromatic carbocycles. The third kappa shape index (κ3) is 6.34. The first kappa shape index (κ1) is 34.3. The van der Waals surface area contributed by atoms with Gasteiger partial charge in [-0.1, -0.05) is 66.2 Å². The van der Waals surface area contributed by atoms with Gasteiger partial charge in [0.25, 0.3) is 5.91 Å². The van der Waals surface area contributed by atoms with E-state index in [1.165, 1.54) is 9.80 Å². The lowest BCUT2D eigenvalue weighted by molar-refractivity contribution is -0.162. The second-order valence-electron chi connectivity index (χ2n) is 12.4. The van der Waals surface area contributed by atoms with Crippen molar-refractivity contribution in [2.45, 2.75) is 69.4 Å². The lowest BCUT2D eigenvalue weighted by Gasteiger charge is -2.37. The lowest BCUT2D eigenvalue weighted by Crippen LogP contribution is -2.57. The minimum Gasteiger partial charge on any atom is -0.455 e. The Morgan fingerprint density at radius 3 is 2.60 bits per heavy atom. The summed E-state index contributed by atoms with van der Waals surface area (Å²) in [6.07, 6.45) is 3.31. The van der Waals surface area contributed by atoms with E-state index in [2.05, 4.69) is 18.5 Å². The van der Waals surface area contributed by atoms with Crippen LogP contribution in [0, 0.1) is 18.8 Å². The van der Waals surface area contributed by atoms with Crippen molar-refractivity contribution in [1.82, 2.24) is 10.2 Å². The highest BCUT2D eigenvalue weighted by Gasteiger charge is 2.75. The predicted octanol–water partition coefficient (Wildman–Crippen LogP) is 4.29. The minimum atomic E-state index is -1.31. The van der Waals surface area contributed by atoms with Crippen LogP contribution in [-0.2, 0) is 28.7 Å². The zero-order chi connectivity index (χ0) is 33.9. The van der Waals surface area contributed by atoms with Gasteiger partial charge in [-0.3, -0.25) is 19.2 Å². The molecule has 0 aromatic heterocycles. The van der Waals surface area contributed by atoms with E-state index in [4.69, 9.17) is 21.1 Å². The lowest BCUT2D eigenvalue weighted by atomic mass is 9.70. The number of amides is 3. The van der Waals surface area contributed by atoms with Crippen LogP contribution in [0.15, 0.2) is 73.8 Å². The van der Waals surface area contributed by atoms with E-state index in [0.717, 1.165) is 5.56 Å². The third-order valence-electron chi connectivity index (χ3n) is 9.47. The van der Waals surface area contributed by atoms with Crippen molar-refractivity contribution in [2.24, 2.45) is 11.8 Å². The molecule has 2 N–H and O–H groups in total. The number of fused-ring (bicyclic) bond motifs is 1. The molecule has 3 fully saturated rings. The quantitative estimate of drug-likeness (QED) is 0.228. The van der Waals surface area contributed by atoms with E-state index >= 15 is 0 Å². The molecular weight excluding hydrogens is 622 g/mol. The number of hydrogen-bond donors (Lipinski definition) is 2. The number of halogens is 1. The Bertz CT molecular complexity index is 1510. The van der Waals surface area contributed by atoms with Gasteiger partial charge < -0.3 is 29.7 Å². The molecule has 47 heavy (non-hydrogen) atoms. The first-order valence-corrected chi connectivity index (χ1v) is 16.4. The zero-order valence-corrected chi connectivity index (χ0v) is 27.5. The molecule has 7 atom stereocenters. The normalized spacial score (nSPS) is 25.5. The largest absolute Gasteiger partial charge is 0.455 e. The number of allylic oxidation sites excluding steroid dienone is 1. The summed E-state index contributed by atoms with van der Waals surface area (Å²) in [5, 5.41) is 13.3. The number of aliphatic hydroxyl groups is 1. The number of nitrogens with one attached hydrogen (secondary N) is 1. The average Bonchev–Trinajstić information content (AvgIpc) is 3.69. The summed E-state index contributed by atoms with van der Waals surface area (Å²) in [5.41, 5.74) is 0.627. The molecule has 0 aliphatic carbocycles. The Balaban J connectivity index is 1.47. The van der Waals surface area contributed by atoms with Crippen LogP contribution in [0.2, 0.25) is 5.02 Å². The molecule has 3 aliphatic rings. The Morgan fingerprint density at radius 1 is 1.19 bits per heavy atom. The number of benzene rings is 2. The van der Waals surface area contributed by atoms with E-state index in [9.17, 15) is 24.3 Å². The molecule has 1 spiro atoms. The Hall–Kier alpha value is -3.99. The maximum absolute atomic E-state index is 14.6. The van der Waals surface area contributed by atoms with Crippen LogP contribution >= 0.6 is 11.6 Å². The number of likely N-dealkylation sites (tertiary alicyclic amines) is 1. The second kappa shape index (κ2) is 14.4. The van der Waals surface area contributed by atoms with E-state index in [0.29, 0.717) is 35.5 Å². The summed E-state index contributed by atoms with van der Waals surface area (Å²) in [7, 11) is 0. The molecular formula is C36H42ClN3O7. The van der Waals surface area contributed by atoms with E-state index in [1.54, 1.807) is 31.2 Å². The number of β-amino-alcohol motifs (C(OH)–C–C–N with tert-alkyl or cyclic N) is 1. The number of esters is 1. The number of aliphatic hydroxyl groups excluding tert-OH is 1. The molecule has 0 saturated carbocycles. The molecule has 0 unspecified atom stereocenters. The Kier molecular flexibility index (Phi) is 10.5. The van der Waals surface area contributed by atoms with Gasteiger partial charge in [-0.25, -0.2) is 0 Å². The summed E-state index contributed by atoms with van der Waals surface area (Å²) < 4.78 is 12.7. The molecule has 2 bridgehead atoms. The number of carbonyl (C=O) groups is 4. The summed E-state index contributed by atoms with van der Waals surface area (Å²) in [6, 6.07) is 12.7. The molecule has 3 heterocycles. The van der Waals surface area contributed by atoms with Gasteiger partial charge in [0.1, 0.15) is 17.7 Å². The van der Waals surface area contributed by atoms with E-state index < -0.39 is 59.5 Å². The molecule has 3 amide bonds. The van der Waals surface area contributed by atoms with Crippen molar-refractivity contribution >= 4 is 41.0 Å². The van der Waals surface area contributed by atoms with Gasteiger partial charge in [0.2, 0.25) is 11.8 Å². The fourth-order valence-electron chi connectivity index (χ4n) is 7.52. The standard InChI is InChI=1S/C36H42ClN3O7/c1-5-7-16-27(42)38-23(4)31(24-13-9-8-10-14-24)46-35(45)28-26-17-18-36(47-26)29(28)33(43)40(20-21-41)32(36)34(44)39(19-6-2)30-22(3)12-11-15-25(30)37/h5-6,8-15,23,26,28-29,31-32,41H,1-2,7,16-21H2,3-4H3,(H,38,42)/t23-,26+,28-,29-,31-,32+,36-/m0/s1. The Labute approximate surface area is 280 Å². The van der Waals surface area contributed by atoms with Gasteiger partial charge in [0.15, 0.2) is 0 Å². The van der Waals surface area contributed by atoms with Gasteiger partial charge in [0.05, 0.1) is 41.3 Å². The summed E-state index contributed by atoms with van der Waals surface area (Å²) in [6.45, 7) is 10.7. The molecule has 3 saturated heterocycles. The molecule has 2 aromatic rings. The number of ether oxygens (including phenoxy) is 2. The maximum Gasteiger partial charge on any atom is 0.313 e. The highest BCUT2D eigenvalue weighted by molar-refractivity contribution is 6.34. The fraction of sp³-hybridized carbons (Fsp3) is 0.444. The van der Waals surface area contributed by atoms with Crippen molar-refractivity contribution in [3.63, 3.8) is 0 Å². The third-order valence-corrected chi connectivity index (χ3v) is 9.78. The van der Waals surface area contributed by atoms with Gasteiger partial charge in [-0.15, -0.1) is 13.2 Å². The van der Waals surface area contributed by atoms with E-state index in [-0.39, 0.29) is 32.0 Å². The number of anilines is 1. The number of aryl methyl sites for hydroxylation is 1. The summed E-state index contributed by atoms with van der Waals surface area (Å²) in [5.74, 6) is -3.71. The van der Waals surface area contributed by atoms with Crippen LogP contribution in [-0.4, -0.2) is 77.2 Å². The van der Waals surface area contributed by atoms with Crippen LogP contribution in [0.1, 0.15) is 49.8 Å². The first-order chi connectivity index (χ1) is 22.6. The molecule has 5 rings (SSSR count). The van der Waals surface area contributed by atoms with Gasteiger partial charge >= 0.3 is 5.97 Å². The SMILES string of the molecule is C=CCCC(=O)N[C@@H](C)[C@H](OC(=O)[C@@H]1[C@H]2C(=O)N(CCO)[C@H](C(=O)N(CC=C)c3c(C)cccc3Cl)[C@]23CC[C@H]1O3)c1ccccc1. The monoisotopic (exact) mass is 663 g/mol. The Morgan fingerprint density at radius 2 is 1.94 bits per heavy atom. The average molecular weight is 664 g/mol. The number of hydrogen-bond acceptors (Lipinski definition) is 7. The van der Waals surface area contributed by atoms with Crippen LogP contribution in [0.5, 0.6) is 0 Å². The highest BCUT2D eigenvalue weighted by atomic mass is 35.5. The number of rotatable bonds is 14. The van der Waals surface area contributed by atoms with Crippen molar-refractivity contribution in [1.29, 1.82) is 0 Å². The van der Waals surface area contributed by atoms with Crippen molar-refractivity contribution in [2.75, 3.05) is 24.6 Å². The smallest absolute Gasteiger partial charge is 0.313 e. The summed E-state index contributed by atoms with van der Waals surface area (Å²) >= 11 is 6.60. The maximum atomic E-state index is 14.6. The second-order valence-corrected chi connectivity index (χ2v) is 12.8. The van der Waals surface area contributed by atoms with Crippen molar-refractivity contribution in [3.8, 4) is 0 Å². The minimum absolute atomic E-state index is 0.117. The van der Waals surface area contributed by atoms with Gasteiger partial charge in [-0.05, 0) is 50.3 Å². The summed E-state index contributed by atoms with van der Waals surface area (Å²) in [4.78, 5) is 58.4. The topological polar surface area (TPSA) is 125 Å². The fourth-order valence-corrected chi connectivity index (χ4v) is 7.85. The first-order valence-electron chi connectivity index (χ1n) is 16.0. The molecule has 11 heteroatoms. The van der Waals surface area contributed by atoms with Crippen molar-refractivity contribution < 1.29 is 33.8 Å². The molecule has 250 valence electrons. The number of para-hydroxylation sites is 1. The van der Waals surface area contributed by atoms with Crippen molar-refractivity contribution in [3.05, 3.63) is 90.0 Å².